The molecule has 0 saturated heterocycles. The standard InChI is InChI=1S/2C4H9NO.2C4H8O2.C3H8N2O.C3H8N2S.C3H8O.CH4/c1-3-4(6)5-2;1-3-5-4(2)6;1-3-4(5)6-2;1-3-6-4(2)5;2*1-4-3(6)5-2;1-3-4-2;/h2*3H2,1-2H3,(H,5,6);2*3H2,1-2H3;2*1-2H3,(H2,4,5,6);3H2,1-2H3;1H4. The zero-order chi connectivity index (χ0) is 33.4. The van der Waals surface area contributed by atoms with E-state index in [-0.39, 0.29) is 37.2 Å². The lowest BCUT2D eigenvalue weighted by atomic mass is 10.5. The van der Waals surface area contributed by atoms with Gasteiger partial charge in [-0.1, -0.05) is 21.3 Å². The molecule has 0 aromatic rings. The van der Waals surface area contributed by atoms with Gasteiger partial charge < -0.3 is 46.1 Å². The van der Waals surface area contributed by atoms with Crippen molar-refractivity contribution in [3.05, 3.63) is 0 Å². The summed E-state index contributed by atoms with van der Waals surface area (Å²) in [7, 11) is 11.4. The van der Waals surface area contributed by atoms with E-state index in [2.05, 4.69) is 58.3 Å². The molecule has 15 heteroatoms. The smallest absolute Gasteiger partial charge is 0.314 e. The van der Waals surface area contributed by atoms with E-state index in [1.807, 2.05) is 20.8 Å². The maximum absolute atomic E-state index is 10.1. The summed E-state index contributed by atoms with van der Waals surface area (Å²) in [5.74, 6) is -0.236. The monoisotopic (exact) mass is 618 g/mol. The number of hydrogen-bond donors (Lipinski definition) is 6. The Kier molecular flexibility index (Phi) is 79.9. The number of rotatable bonds is 5. The minimum atomic E-state index is -0.211. The molecule has 0 bridgehead atoms. The molecular formula is C26H62N6O8S. The lowest BCUT2D eigenvalue weighted by Crippen LogP contribution is -2.28. The van der Waals surface area contributed by atoms with E-state index < -0.39 is 0 Å². The molecule has 0 aliphatic carbocycles. The van der Waals surface area contributed by atoms with Gasteiger partial charge in [0.05, 0.1) is 13.7 Å². The number of ether oxygens (including phenoxy) is 3. The van der Waals surface area contributed by atoms with Crippen LogP contribution >= 0.6 is 12.2 Å². The van der Waals surface area contributed by atoms with Crippen LogP contribution in [0.25, 0.3) is 0 Å². The van der Waals surface area contributed by atoms with Crippen molar-refractivity contribution in [2.24, 2.45) is 0 Å². The summed E-state index contributed by atoms with van der Waals surface area (Å²) in [5.41, 5.74) is 0. The lowest BCUT2D eigenvalue weighted by molar-refractivity contribution is -0.141. The number of thiocarbonyl (C=S) groups is 1. The zero-order valence-electron chi connectivity index (χ0n) is 27.2. The number of nitrogens with one attached hydrogen (secondary N) is 6. The average Bonchev–Trinajstić information content (AvgIpc) is 2.96. The minimum Gasteiger partial charge on any atom is -0.469 e. The first kappa shape index (κ1) is 57.6. The fraction of sp³-hybridized carbons (Fsp3) is 0.769. The second kappa shape index (κ2) is 56.9. The molecule has 0 unspecified atom stereocenters. The second-order valence-electron chi connectivity index (χ2n) is 6.20. The number of methoxy groups -OCH3 is 2. The highest BCUT2D eigenvalue weighted by molar-refractivity contribution is 7.80. The van der Waals surface area contributed by atoms with E-state index in [4.69, 9.17) is 0 Å². The molecule has 6 N–H and O–H groups in total. The van der Waals surface area contributed by atoms with E-state index in [0.29, 0.717) is 24.6 Å². The van der Waals surface area contributed by atoms with Crippen LogP contribution in [0.4, 0.5) is 4.79 Å². The Morgan fingerprint density at radius 1 is 0.683 bits per heavy atom. The van der Waals surface area contributed by atoms with Crippen molar-refractivity contribution >= 4 is 47.1 Å². The highest BCUT2D eigenvalue weighted by atomic mass is 32.1. The molecule has 0 aliphatic rings. The summed E-state index contributed by atoms with van der Waals surface area (Å²) in [6, 6.07) is -0.157. The van der Waals surface area contributed by atoms with Gasteiger partial charge in [0, 0.05) is 82.2 Å². The third kappa shape index (κ3) is 114. The highest BCUT2D eigenvalue weighted by Gasteiger charge is 1.87. The Hall–Kier alpha value is -3.20. The third-order valence-electron chi connectivity index (χ3n) is 3.09. The van der Waals surface area contributed by atoms with Crippen LogP contribution in [0.3, 0.4) is 0 Å². The minimum absolute atomic E-state index is 0. The van der Waals surface area contributed by atoms with Gasteiger partial charge >= 0.3 is 18.0 Å². The van der Waals surface area contributed by atoms with Crippen LogP contribution in [-0.2, 0) is 33.4 Å². The predicted octanol–water partition coefficient (Wildman–Crippen LogP) is 1.97. The van der Waals surface area contributed by atoms with Crippen LogP contribution in [0.5, 0.6) is 0 Å². The van der Waals surface area contributed by atoms with Crippen LogP contribution < -0.4 is 31.9 Å². The second-order valence-corrected chi connectivity index (χ2v) is 6.61. The van der Waals surface area contributed by atoms with Crippen molar-refractivity contribution in [1.82, 2.24) is 31.9 Å². The van der Waals surface area contributed by atoms with Gasteiger partial charge in [-0.25, -0.2) is 4.79 Å². The molecule has 0 aromatic carbocycles. The zero-order valence-corrected chi connectivity index (χ0v) is 28.0. The van der Waals surface area contributed by atoms with E-state index in [1.165, 1.54) is 21.0 Å². The number of esters is 2. The number of urea groups is 1. The molecule has 0 aliphatic heterocycles. The summed E-state index contributed by atoms with van der Waals surface area (Å²) < 4.78 is 13.2. The Morgan fingerprint density at radius 3 is 1.10 bits per heavy atom. The van der Waals surface area contributed by atoms with E-state index in [1.54, 1.807) is 56.2 Å². The lowest BCUT2D eigenvalue weighted by Gasteiger charge is -1.95. The quantitative estimate of drug-likeness (QED) is 0.195. The molecule has 250 valence electrons. The highest BCUT2D eigenvalue weighted by Crippen LogP contribution is 1.76. The van der Waals surface area contributed by atoms with Crippen molar-refractivity contribution in [3.63, 3.8) is 0 Å². The summed E-state index contributed by atoms with van der Waals surface area (Å²) in [4.78, 5) is 49.7. The van der Waals surface area contributed by atoms with Gasteiger partial charge in [0.15, 0.2) is 5.11 Å². The molecular weight excluding hydrogens is 556 g/mol. The summed E-state index contributed by atoms with van der Waals surface area (Å²) in [6.07, 6.45) is 1.05. The molecule has 0 fully saturated rings. The van der Waals surface area contributed by atoms with Crippen LogP contribution in [0.1, 0.15) is 68.7 Å². The maximum atomic E-state index is 10.1. The molecule has 0 heterocycles. The van der Waals surface area contributed by atoms with Gasteiger partial charge in [-0.3, -0.25) is 19.2 Å². The predicted molar refractivity (Wildman–Crippen MR) is 172 cm³/mol. The molecule has 4 amide bonds. The topological polar surface area (TPSA) is 185 Å². The fourth-order valence-electron chi connectivity index (χ4n) is 1.02. The normalized spacial score (nSPS) is 7.27. The Balaban J connectivity index is -0.0000000516. The number of carbonyl (C=O) groups excluding carboxylic acids is 5. The van der Waals surface area contributed by atoms with Gasteiger partial charge in [0.1, 0.15) is 0 Å². The molecule has 0 saturated carbocycles. The maximum Gasteiger partial charge on any atom is 0.314 e. The van der Waals surface area contributed by atoms with Crippen molar-refractivity contribution < 1.29 is 38.2 Å². The first-order chi connectivity index (χ1) is 18.7. The molecule has 41 heavy (non-hydrogen) atoms. The van der Waals surface area contributed by atoms with E-state index in [0.717, 1.165) is 13.2 Å². The fourth-order valence-corrected chi connectivity index (χ4v) is 1.02. The Labute approximate surface area is 255 Å². The molecule has 0 aromatic heterocycles. The molecule has 14 nitrogen and oxygen atoms in total. The van der Waals surface area contributed by atoms with Crippen molar-refractivity contribution in [2.75, 3.05) is 69.2 Å². The van der Waals surface area contributed by atoms with Crippen LogP contribution in [0.15, 0.2) is 0 Å². The average molecular weight is 619 g/mol. The van der Waals surface area contributed by atoms with Crippen molar-refractivity contribution in [2.45, 2.75) is 68.7 Å². The van der Waals surface area contributed by atoms with Gasteiger partial charge in [0.25, 0.3) is 0 Å². The first-order valence-electron chi connectivity index (χ1n) is 12.6. The number of carbonyl (C=O) groups is 5. The van der Waals surface area contributed by atoms with Crippen LogP contribution in [0.2, 0.25) is 0 Å². The largest absolute Gasteiger partial charge is 0.469 e. The summed E-state index contributed by atoms with van der Waals surface area (Å²) in [6.45, 7) is 14.1. The van der Waals surface area contributed by atoms with Crippen LogP contribution in [-0.4, -0.2) is 104 Å². The van der Waals surface area contributed by atoms with E-state index in [9.17, 15) is 24.0 Å². The third-order valence-corrected chi connectivity index (χ3v) is 3.49. The molecule has 0 atom stereocenters. The SMILES string of the molecule is C.CCC(=O)NC.CCC(=O)OC.CCNC(C)=O.CCOC.CCOC(C)=O.CNC(=O)NC.CNC(=S)NC. The molecule has 0 rings (SSSR count). The van der Waals surface area contributed by atoms with Crippen LogP contribution in [0, 0.1) is 0 Å². The Morgan fingerprint density at radius 2 is 1.10 bits per heavy atom. The summed E-state index contributed by atoms with van der Waals surface area (Å²) >= 11 is 4.63. The van der Waals surface area contributed by atoms with Gasteiger partial charge in [-0.2, -0.15) is 0 Å². The summed E-state index contributed by atoms with van der Waals surface area (Å²) in [5, 5.41) is 15.9. The number of hydrogen-bond acceptors (Lipinski definition) is 9. The molecule has 0 radical (unpaired) electrons. The van der Waals surface area contributed by atoms with Gasteiger partial charge in [-0.05, 0) is 33.0 Å². The van der Waals surface area contributed by atoms with Gasteiger partial charge in [0.2, 0.25) is 11.8 Å². The molecule has 0 spiro atoms. The van der Waals surface area contributed by atoms with Crippen molar-refractivity contribution in [3.8, 4) is 0 Å². The van der Waals surface area contributed by atoms with Gasteiger partial charge in [-0.15, -0.1) is 0 Å². The first-order valence-corrected chi connectivity index (χ1v) is 13.0. The Bertz CT molecular complexity index is 492. The number of amides is 4. The van der Waals surface area contributed by atoms with E-state index >= 15 is 0 Å². The van der Waals surface area contributed by atoms with Crippen molar-refractivity contribution in [1.29, 1.82) is 0 Å².